The summed E-state index contributed by atoms with van der Waals surface area (Å²) < 4.78 is 5.95. The summed E-state index contributed by atoms with van der Waals surface area (Å²) in [6.07, 6.45) is 5.41. The Morgan fingerprint density at radius 2 is 2.12 bits per heavy atom. The first-order chi connectivity index (χ1) is 7.75. The molecule has 2 heteroatoms. The molecule has 0 aromatic carbocycles. The van der Waals surface area contributed by atoms with Gasteiger partial charge in [-0.3, -0.25) is 4.79 Å². The minimum atomic E-state index is -0.476. The van der Waals surface area contributed by atoms with Crippen molar-refractivity contribution in [2.45, 2.75) is 52.2 Å². The summed E-state index contributed by atoms with van der Waals surface area (Å²) in [5, 5.41) is 0. The molecule has 1 aliphatic heterocycles. The average Bonchev–Trinajstić information content (AvgIpc) is 2.70. The fraction of sp³-hybridized carbons (Fsp3) is 0.667. The number of hydrogen-bond acceptors (Lipinski definition) is 2. The van der Waals surface area contributed by atoms with E-state index in [-0.39, 0.29) is 23.4 Å². The molecular formula is C15H24O2. The summed E-state index contributed by atoms with van der Waals surface area (Å²) in [5.41, 5.74) is -0.743. The van der Waals surface area contributed by atoms with Gasteiger partial charge < -0.3 is 4.74 Å². The van der Waals surface area contributed by atoms with Crippen LogP contribution in [0, 0.1) is 11.3 Å². The van der Waals surface area contributed by atoms with E-state index in [0.717, 1.165) is 12.8 Å². The highest BCUT2D eigenvalue weighted by molar-refractivity contribution is 5.88. The van der Waals surface area contributed by atoms with Gasteiger partial charge in [0.05, 0.1) is 11.7 Å². The smallest absolute Gasteiger partial charge is 0.147 e. The Balaban J connectivity index is 2.73. The van der Waals surface area contributed by atoms with Gasteiger partial charge in [0.25, 0.3) is 0 Å². The van der Waals surface area contributed by atoms with E-state index in [0.29, 0.717) is 0 Å². The zero-order chi connectivity index (χ0) is 13.3. The number of Topliss-reactive ketones (excluding diaryl/α,β-unsaturated/α-hetero) is 1. The molecule has 1 fully saturated rings. The summed E-state index contributed by atoms with van der Waals surface area (Å²) in [4.78, 5) is 12.3. The second kappa shape index (κ2) is 4.77. The first-order valence-corrected chi connectivity index (χ1v) is 6.25. The molecule has 3 atom stereocenters. The van der Waals surface area contributed by atoms with Crippen LogP contribution in [0.25, 0.3) is 0 Å². The van der Waals surface area contributed by atoms with Crippen LogP contribution in [0.1, 0.15) is 40.5 Å². The average molecular weight is 236 g/mol. The van der Waals surface area contributed by atoms with Gasteiger partial charge in [-0.25, -0.2) is 0 Å². The van der Waals surface area contributed by atoms with E-state index in [4.69, 9.17) is 4.74 Å². The van der Waals surface area contributed by atoms with Gasteiger partial charge in [0.1, 0.15) is 5.78 Å². The monoisotopic (exact) mass is 236 g/mol. The molecule has 1 rings (SSSR count). The van der Waals surface area contributed by atoms with Gasteiger partial charge in [0.15, 0.2) is 0 Å². The van der Waals surface area contributed by atoms with Crippen LogP contribution in [-0.4, -0.2) is 17.5 Å². The maximum atomic E-state index is 12.3. The van der Waals surface area contributed by atoms with Gasteiger partial charge in [-0.05, 0) is 33.6 Å². The molecule has 1 heterocycles. The maximum absolute atomic E-state index is 12.3. The van der Waals surface area contributed by atoms with Crippen molar-refractivity contribution in [3.05, 3.63) is 25.3 Å². The highest BCUT2D eigenvalue weighted by Crippen LogP contribution is 2.36. The second-order valence-electron chi connectivity index (χ2n) is 5.79. The van der Waals surface area contributed by atoms with Gasteiger partial charge in [-0.2, -0.15) is 0 Å². The van der Waals surface area contributed by atoms with Gasteiger partial charge in [0.2, 0.25) is 0 Å². The van der Waals surface area contributed by atoms with Crippen LogP contribution in [-0.2, 0) is 9.53 Å². The van der Waals surface area contributed by atoms with Crippen molar-refractivity contribution in [2.75, 3.05) is 0 Å². The molecule has 0 N–H and O–H groups in total. The molecule has 0 unspecified atom stereocenters. The zero-order valence-corrected chi connectivity index (χ0v) is 11.5. The predicted molar refractivity (Wildman–Crippen MR) is 70.9 cm³/mol. The van der Waals surface area contributed by atoms with Gasteiger partial charge in [0, 0.05) is 11.3 Å². The van der Waals surface area contributed by atoms with E-state index in [2.05, 4.69) is 13.2 Å². The summed E-state index contributed by atoms with van der Waals surface area (Å²) in [6, 6.07) is 0. The van der Waals surface area contributed by atoms with E-state index < -0.39 is 5.41 Å². The molecule has 96 valence electrons. The highest BCUT2D eigenvalue weighted by atomic mass is 16.5. The molecule has 0 aromatic heterocycles. The number of allylic oxidation sites excluding steroid dienone is 1. The van der Waals surface area contributed by atoms with E-state index in [9.17, 15) is 4.79 Å². The fourth-order valence-corrected chi connectivity index (χ4v) is 2.25. The number of hydrogen-bond donors (Lipinski definition) is 0. The minimum Gasteiger partial charge on any atom is -0.367 e. The largest absolute Gasteiger partial charge is 0.367 e. The molecule has 0 saturated carbocycles. The van der Waals surface area contributed by atoms with Gasteiger partial charge >= 0.3 is 0 Å². The molecule has 0 amide bonds. The Morgan fingerprint density at radius 3 is 2.53 bits per heavy atom. The summed E-state index contributed by atoms with van der Waals surface area (Å²) in [5.74, 6) is 0.107. The third kappa shape index (κ3) is 2.86. The van der Waals surface area contributed by atoms with E-state index in [1.165, 1.54) is 0 Å². The van der Waals surface area contributed by atoms with Crippen LogP contribution in [0.15, 0.2) is 25.3 Å². The highest BCUT2D eigenvalue weighted by Gasteiger charge is 2.41. The van der Waals surface area contributed by atoms with Crippen molar-refractivity contribution in [3.8, 4) is 0 Å². The van der Waals surface area contributed by atoms with Crippen LogP contribution in [0.3, 0.4) is 0 Å². The quantitative estimate of drug-likeness (QED) is 0.683. The van der Waals surface area contributed by atoms with E-state index in [1.807, 2.05) is 33.8 Å². The van der Waals surface area contributed by atoms with Crippen molar-refractivity contribution in [2.24, 2.45) is 11.3 Å². The molecule has 1 aliphatic rings. The van der Waals surface area contributed by atoms with Crippen LogP contribution in [0.4, 0.5) is 0 Å². The van der Waals surface area contributed by atoms with Crippen LogP contribution >= 0.6 is 0 Å². The standard InChI is InChI=1S/C15H24O2/c1-7-14(4,5)13(16)11(3)12-9-10-15(6,8-2)17-12/h7-8,11-12H,1-2,9-10H2,3-6H3/t11-,12-,15+/m0/s1. The summed E-state index contributed by atoms with van der Waals surface area (Å²) in [6.45, 7) is 15.3. The zero-order valence-electron chi connectivity index (χ0n) is 11.5. The van der Waals surface area contributed by atoms with E-state index >= 15 is 0 Å². The SMILES string of the molecule is C=CC(C)(C)C(=O)[C@@H](C)[C@@H]1CC[C@@](C)(C=C)O1. The molecular weight excluding hydrogens is 212 g/mol. The van der Waals surface area contributed by atoms with Crippen molar-refractivity contribution in [3.63, 3.8) is 0 Å². The number of rotatable bonds is 5. The van der Waals surface area contributed by atoms with Gasteiger partial charge in [-0.15, -0.1) is 13.2 Å². The molecule has 0 radical (unpaired) electrons. The molecule has 0 aliphatic carbocycles. The van der Waals surface area contributed by atoms with Crippen molar-refractivity contribution in [1.29, 1.82) is 0 Å². The Bertz CT molecular complexity index is 330. The Labute approximate surface area is 105 Å². The topological polar surface area (TPSA) is 26.3 Å². The summed E-state index contributed by atoms with van der Waals surface area (Å²) in [7, 11) is 0. The minimum absolute atomic E-state index is 0.00437. The Kier molecular flexibility index (Phi) is 3.98. The summed E-state index contributed by atoms with van der Waals surface area (Å²) >= 11 is 0. The van der Waals surface area contributed by atoms with E-state index in [1.54, 1.807) is 6.08 Å². The lowest BCUT2D eigenvalue weighted by Crippen LogP contribution is -2.36. The Morgan fingerprint density at radius 1 is 1.53 bits per heavy atom. The molecule has 1 saturated heterocycles. The number of carbonyl (C=O) groups excluding carboxylic acids is 1. The second-order valence-corrected chi connectivity index (χ2v) is 5.79. The third-order valence-corrected chi connectivity index (χ3v) is 3.89. The van der Waals surface area contributed by atoms with Gasteiger partial charge in [-0.1, -0.05) is 19.1 Å². The molecule has 0 aromatic rings. The molecule has 0 spiro atoms. The number of ketones is 1. The van der Waals surface area contributed by atoms with Crippen LogP contribution < -0.4 is 0 Å². The van der Waals surface area contributed by atoms with Crippen molar-refractivity contribution >= 4 is 5.78 Å². The Hall–Kier alpha value is -0.890. The molecule has 17 heavy (non-hydrogen) atoms. The fourth-order valence-electron chi connectivity index (χ4n) is 2.25. The number of ether oxygens (including phenoxy) is 1. The third-order valence-electron chi connectivity index (χ3n) is 3.89. The first-order valence-electron chi connectivity index (χ1n) is 6.25. The maximum Gasteiger partial charge on any atom is 0.147 e. The predicted octanol–water partition coefficient (Wildman–Crippen LogP) is 3.53. The molecule has 2 nitrogen and oxygen atoms in total. The lowest BCUT2D eigenvalue weighted by atomic mass is 9.79. The first kappa shape index (κ1) is 14.2. The normalized spacial score (nSPS) is 30.9. The van der Waals surface area contributed by atoms with Crippen LogP contribution in [0.5, 0.6) is 0 Å². The number of carbonyl (C=O) groups is 1. The van der Waals surface area contributed by atoms with Crippen molar-refractivity contribution < 1.29 is 9.53 Å². The lowest BCUT2D eigenvalue weighted by Gasteiger charge is -2.28. The van der Waals surface area contributed by atoms with Crippen molar-refractivity contribution in [1.82, 2.24) is 0 Å². The molecule has 0 bridgehead atoms. The lowest BCUT2D eigenvalue weighted by molar-refractivity contribution is -0.134. The van der Waals surface area contributed by atoms with Crippen LogP contribution in [0.2, 0.25) is 0 Å².